The van der Waals surface area contributed by atoms with Crippen LogP contribution in [0.5, 0.6) is 11.5 Å². The predicted octanol–water partition coefficient (Wildman–Crippen LogP) is 3.78. The van der Waals surface area contributed by atoms with Gasteiger partial charge in [-0.05, 0) is 55.8 Å². The Morgan fingerprint density at radius 3 is 2.45 bits per heavy atom. The quantitative estimate of drug-likeness (QED) is 0.644. The van der Waals surface area contributed by atoms with Gasteiger partial charge in [0.15, 0.2) is 0 Å². The molecule has 6 nitrogen and oxygen atoms in total. The molecule has 0 amide bonds. The summed E-state index contributed by atoms with van der Waals surface area (Å²) in [5, 5.41) is 5.03. The van der Waals surface area contributed by atoms with Crippen LogP contribution in [0.2, 0.25) is 0 Å². The largest absolute Gasteiger partial charge is 0.497 e. The molecule has 1 saturated heterocycles. The van der Waals surface area contributed by atoms with E-state index in [1.54, 1.807) is 25.3 Å². The molecule has 0 spiro atoms. The van der Waals surface area contributed by atoms with Crippen LogP contribution >= 0.6 is 0 Å². The average molecular weight is 413 g/mol. The summed E-state index contributed by atoms with van der Waals surface area (Å²) in [6, 6.07) is 17.6. The van der Waals surface area contributed by atoms with Gasteiger partial charge in [0.2, 0.25) is 0 Å². The highest BCUT2D eigenvalue weighted by Crippen LogP contribution is 2.34. The van der Waals surface area contributed by atoms with Gasteiger partial charge in [0.25, 0.3) is 10.0 Å². The molecule has 1 aliphatic heterocycles. The van der Waals surface area contributed by atoms with Crippen molar-refractivity contribution in [3.63, 3.8) is 0 Å². The first-order valence-corrected chi connectivity index (χ1v) is 11.1. The summed E-state index contributed by atoms with van der Waals surface area (Å²) in [7, 11) is -2.18. The fourth-order valence-electron chi connectivity index (χ4n) is 3.52. The van der Waals surface area contributed by atoms with Crippen molar-refractivity contribution in [2.45, 2.75) is 23.8 Å². The first kappa shape index (κ1) is 19.5. The van der Waals surface area contributed by atoms with Crippen LogP contribution in [0.25, 0.3) is 10.8 Å². The van der Waals surface area contributed by atoms with Gasteiger partial charge in [0.1, 0.15) is 17.6 Å². The molecule has 29 heavy (non-hydrogen) atoms. The Balaban J connectivity index is 1.64. The molecule has 2 N–H and O–H groups in total. The lowest BCUT2D eigenvalue weighted by Crippen LogP contribution is -2.37. The van der Waals surface area contributed by atoms with Crippen molar-refractivity contribution in [3.8, 4) is 11.5 Å². The minimum atomic E-state index is -3.73. The van der Waals surface area contributed by atoms with E-state index in [2.05, 4.69) is 10.0 Å². The predicted molar refractivity (Wildman–Crippen MR) is 114 cm³/mol. The Hall–Kier alpha value is -2.77. The zero-order valence-electron chi connectivity index (χ0n) is 16.2. The van der Waals surface area contributed by atoms with Crippen LogP contribution in [0.3, 0.4) is 0 Å². The van der Waals surface area contributed by atoms with E-state index in [9.17, 15) is 8.42 Å². The summed E-state index contributed by atoms with van der Waals surface area (Å²) in [6.45, 7) is 1.84. The minimum absolute atomic E-state index is 0.119. The second kappa shape index (κ2) is 8.31. The Labute approximate surface area is 170 Å². The van der Waals surface area contributed by atoms with E-state index in [1.807, 2.05) is 30.3 Å². The maximum atomic E-state index is 12.9. The van der Waals surface area contributed by atoms with Gasteiger partial charge >= 0.3 is 0 Å². The summed E-state index contributed by atoms with van der Waals surface area (Å²) in [6.07, 6.45) is 2.21. The molecule has 0 aromatic heterocycles. The summed E-state index contributed by atoms with van der Waals surface area (Å²) in [5.41, 5.74) is 0.519. The molecule has 3 aromatic carbocycles. The highest BCUT2D eigenvalue weighted by molar-refractivity contribution is 7.92. The molecule has 0 saturated carbocycles. The maximum absolute atomic E-state index is 12.9. The second-order valence-electron chi connectivity index (χ2n) is 7.02. The summed E-state index contributed by atoms with van der Waals surface area (Å²) in [5.74, 6) is 1.37. The number of anilines is 1. The molecule has 1 unspecified atom stereocenters. The van der Waals surface area contributed by atoms with Crippen molar-refractivity contribution in [1.82, 2.24) is 5.32 Å². The van der Waals surface area contributed by atoms with Crippen molar-refractivity contribution in [3.05, 3.63) is 60.7 Å². The average Bonchev–Trinajstić information content (AvgIpc) is 2.76. The van der Waals surface area contributed by atoms with Gasteiger partial charge in [-0.2, -0.15) is 0 Å². The summed E-state index contributed by atoms with van der Waals surface area (Å²) in [4.78, 5) is 0.177. The Morgan fingerprint density at radius 1 is 1.00 bits per heavy atom. The van der Waals surface area contributed by atoms with Crippen molar-refractivity contribution in [2.24, 2.45) is 0 Å². The zero-order chi connectivity index (χ0) is 20.3. The molecule has 1 heterocycles. The van der Waals surface area contributed by atoms with Gasteiger partial charge in [-0.1, -0.05) is 24.3 Å². The first-order chi connectivity index (χ1) is 14.1. The van der Waals surface area contributed by atoms with E-state index in [1.165, 1.54) is 12.1 Å². The van der Waals surface area contributed by atoms with E-state index in [-0.39, 0.29) is 11.0 Å². The normalized spacial score (nSPS) is 17.1. The van der Waals surface area contributed by atoms with E-state index in [4.69, 9.17) is 9.47 Å². The van der Waals surface area contributed by atoms with E-state index < -0.39 is 10.0 Å². The van der Waals surface area contributed by atoms with Gasteiger partial charge in [-0.15, -0.1) is 0 Å². The highest BCUT2D eigenvalue weighted by Gasteiger charge is 2.19. The van der Waals surface area contributed by atoms with Gasteiger partial charge < -0.3 is 14.8 Å². The number of ether oxygens (including phenoxy) is 2. The SMILES string of the molecule is COc1ccc(S(=O)(=O)Nc2ccc(OC3CCCNC3)c3ccccc23)cc1. The zero-order valence-corrected chi connectivity index (χ0v) is 17.0. The van der Waals surface area contributed by atoms with Crippen LogP contribution in [0, 0.1) is 0 Å². The second-order valence-corrected chi connectivity index (χ2v) is 8.71. The van der Waals surface area contributed by atoms with Crippen LogP contribution in [0.1, 0.15) is 12.8 Å². The standard InChI is InChI=1S/C22H24N2O4S/c1-27-16-8-10-18(11-9-16)29(25,26)24-21-12-13-22(20-7-3-2-6-19(20)21)28-17-5-4-14-23-15-17/h2-3,6-13,17,23-24H,4-5,14-15H2,1H3. The molecule has 152 valence electrons. The van der Waals surface area contributed by atoms with Crippen LogP contribution in [0.4, 0.5) is 5.69 Å². The van der Waals surface area contributed by atoms with Crippen LogP contribution in [-0.4, -0.2) is 34.7 Å². The van der Waals surface area contributed by atoms with Crippen molar-refractivity contribution in [1.29, 1.82) is 0 Å². The van der Waals surface area contributed by atoms with Gasteiger partial charge in [-0.3, -0.25) is 4.72 Å². The van der Waals surface area contributed by atoms with E-state index in [0.29, 0.717) is 11.4 Å². The summed E-state index contributed by atoms with van der Waals surface area (Å²) >= 11 is 0. The number of hydrogen-bond donors (Lipinski definition) is 2. The molecular weight excluding hydrogens is 388 g/mol. The topological polar surface area (TPSA) is 76.7 Å². The van der Waals surface area contributed by atoms with Crippen LogP contribution in [-0.2, 0) is 10.0 Å². The molecule has 1 aliphatic rings. The molecule has 0 bridgehead atoms. The number of piperidine rings is 1. The molecule has 3 aromatic rings. The molecule has 7 heteroatoms. The molecule has 0 radical (unpaired) electrons. The fourth-order valence-corrected chi connectivity index (χ4v) is 4.60. The number of fused-ring (bicyclic) bond motifs is 1. The van der Waals surface area contributed by atoms with Gasteiger partial charge in [-0.25, -0.2) is 8.42 Å². The lowest BCUT2D eigenvalue weighted by molar-refractivity contribution is 0.169. The number of methoxy groups -OCH3 is 1. The Kier molecular flexibility index (Phi) is 5.60. The van der Waals surface area contributed by atoms with Gasteiger partial charge in [0.05, 0.1) is 17.7 Å². The number of nitrogens with one attached hydrogen (secondary N) is 2. The number of rotatable bonds is 6. The minimum Gasteiger partial charge on any atom is -0.497 e. The third-order valence-corrected chi connectivity index (χ3v) is 6.42. The van der Waals surface area contributed by atoms with Crippen molar-refractivity contribution >= 4 is 26.5 Å². The third-order valence-electron chi connectivity index (χ3n) is 5.04. The lowest BCUT2D eigenvalue weighted by atomic mass is 10.1. The van der Waals surface area contributed by atoms with Crippen molar-refractivity contribution < 1.29 is 17.9 Å². The maximum Gasteiger partial charge on any atom is 0.261 e. The monoisotopic (exact) mass is 412 g/mol. The van der Waals surface area contributed by atoms with Crippen LogP contribution < -0.4 is 19.5 Å². The Bertz CT molecular complexity index is 1090. The van der Waals surface area contributed by atoms with E-state index in [0.717, 1.165) is 42.5 Å². The van der Waals surface area contributed by atoms with Gasteiger partial charge in [0, 0.05) is 17.3 Å². The Morgan fingerprint density at radius 2 is 1.76 bits per heavy atom. The first-order valence-electron chi connectivity index (χ1n) is 9.63. The molecular formula is C22H24N2O4S. The fraction of sp³-hybridized carbons (Fsp3) is 0.273. The number of sulfonamides is 1. The van der Waals surface area contributed by atoms with Crippen molar-refractivity contribution in [2.75, 3.05) is 24.9 Å². The van der Waals surface area contributed by atoms with E-state index >= 15 is 0 Å². The molecule has 4 rings (SSSR count). The number of benzene rings is 3. The number of hydrogen-bond acceptors (Lipinski definition) is 5. The summed E-state index contributed by atoms with van der Waals surface area (Å²) < 4.78 is 39.7. The lowest BCUT2D eigenvalue weighted by Gasteiger charge is -2.25. The van der Waals surface area contributed by atoms with Crippen LogP contribution in [0.15, 0.2) is 65.6 Å². The third kappa shape index (κ3) is 4.31. The highest BCUT2D eigenvalue weighted by atomic mass is 32.2. The molecule has 0 aliphatic carbocycles. The smallest absolute Gasteiger partial charge is 0.261 e. The molecule has 1 atom stereocenters. The molecule has 1 fully saturated rings.